The molecule has 0 aliphatic heterocycles. The average Bonchev–Trinajstić information content (AvgIpc) is 2.41. The van der Waals surface area contributed by atoms with Gasteiger partial charge in [-0.1, -0.05) is 0 Å². The van der Waals surface area contributed by atoms with Gasteiger partial charge in [0, 0.05) is 38.8 Å². The Balaban J connectivity index is 2.50. The molecule has 0 saturated carbocycles. The number of nitrogens with one attached hydrogen (secondary N) is 1. The molecule has 1 heterocycles. The number of hydrogen-bond acceptors (Lipinski definition) is 5. The van der Waals surface area contributed by atoms with Crippen LogP contribution in [0.15, 0.2) is 17.1 Å². The van der Waals surface area contributed by atoms with E-state index in [4.69, 9.17) is 0 Å². The molecule has 1 aromatic heterocycles. The Kier molecular flexibility index (Phi) is 7.25. The van der Waals surface area contributed by atoms with Crippen LogP contribution in [-0.2, 0) is 6.54 Å². The minimum atomic E-state index is -0.0381. The zero-order chi connectivity index (χ0) is 15.0. The first-order valence-electron chi connectivity index (χ1n) is 7.26. The molecule has 0 spiro atoms. The van der Waals surface area contributed by atoms with Gasteiger partial charge in [0.15, 0.2) is 0 Å². The molecule has 1 N–H and O–H groups in total. The SMILES string of the molecule is CCN(CC)c1cnn(CCNCCN(C)C)c(=O)c1. The summed E-state index contributed by atoms with van der Waals surface area (Å²) < 4.78 is 1.51. The van der Waals surface area contributed by atoms with Crippen molar-refractivity contribution in [3.8, 4) is 0 Å². The predicted octanol–water partition coefficient (Wildman–Crippen LogP) is 0.241. The van der Waals surface area contributed by atoms with Gasteiger partial charge in [-0.15, -0.1) is 0 Å². The highest BCUT2D eigenvalue weighted by Crippen LogP contribution is 2.07. The second kappa shape index (κ2) is 8.71. The monoisotopic (exact) mass is 281 g/mol. The van der Waals surface area contributed by atoms with E-state index in [0.29, 0.717) is 6.54 Å². The largest absolute Gasteiger partial charge is 0.371 e. The summed E-state index contributed by atoms with van der Waals surface area (Å²) in [5, 5.41) is 7.54. The maximum atomic E-state index is 12.0. The summed E-state index contributed by atoms with van der Waals surface area (Å²) in [7, 11) is 4.08. The highest BCUT2D eigenvalue weighted by Gasteiger charge is 2.05. The first-order valence-corrected chi connectivity index (χ1v) is 7.26. The van der Waals surface area contributed by atoms with Crippen molar-refractivity contribution in [2.75, 3.05) is 51.7 Å². The molecule has 20 heavy (non-hydrogen) atoms. The van der Waals surface area contributed by atoms with Crippen molar-refractivity contribution < 1.29 is 0 Å². The van der Waals surface area contributed by atoms with Crippen molar-refractivity contribution in [2.24, 2.45) is 0 Å². The fourth-order valence-corrected chi connectivity index (χ4v) is 1.97. The van der Waals surface area contributed by atoms with Gasteiger partial charge in [0.2, 0.25) is 0 Å². The van der Waals surface area contributed by atoms with Gasteiger partial charge in [-0.05, 0) is 27.9 Å². The average molecular weight is 281 g/mol. The molecule has 0 saturated heterocycles. The molecule has 1 aromatic rings. The normalized spacial score (nSPS) is 11.1. The number of likely N-dealkylation sites (N-methyl/N-ethyl adjacent to an activating group) is 1. The lowest BCUT2D eigenvalue weighted by Crippen LogP contribution is -2.33. The van der Waals surface area contributed by atoms with Gasteiger partial charge in [0.25, 0.3) is 5.56 Å². The molecular weight excluding hydrogens is 254 g/mol. The summed E-state index contributed by atoms with van der Waals surface area (Å²) in [4.78, 5) is 16.2. The molecule has 0 fully saturated rings. The van der Waals surface area contributed by atoms with E-state index in [1.807, 2.05) is 14.1 Å². The molecule has 0 amide bonds. The quantitative estimate of drug-likeness (QED) is 0.657. The second-order valence-electron chi connectivity index (χ2n) is 5.00. The van der Waals surface area contributed by atoms with Gasteiger partial charge >= 0.3 is 0 Å². The molecule has 0 radical (unpaired) electrons. The lowest BCUT2D eigenvalue weighted by Gasteiger charge is -2.20. The molecule has 0 atom stereocenters. The summed E-state index contributed by atoms with van der Waals surface area (Å²) in [6.45, 7) is 9.17. The van der Waals surface area contributed by atoms with Crippen molar-refractivity contribution in [1.82, 2.24) is 20.0 Å². The Bertz CT molecular complexity index is 439. The standard InChI is InChI=1S/C14H27N5O/c1-5-18(6-2)13-11-14(20)19(16-12-13)10-8-15-7-9-17(3)4/h11-12,15H,5-10H2,1-4H3. The van der Waals surface area contributed by atoms with Crippen LogP contribution in [0.3, 0.4) is 0 Å². The lowest BCUT2D eigenvalue weighted by molar-refractivity contribution is 0.395. The summed E-state index contributed by atoms with van der Waals surface area (Å²) in [6, 6.07) is 1.67. The first kappa shape index (κ1) is 16.7. The Labute approximate surface area is 121 Å². The van der Waals surface area contributed by atoms with Gasteiger partial charge < -0.3 is 15.1 Å². The Morgan fingerprint density at radius 3 is 2.50 bits per heavy atom. The fraction of sp³-hybridized carbons (Fsp3) is 0.714. The first-order chi connectivity index (χ1) is 9.58. The topological polar surface area (TPSA) is 53.4 Å². The third kappa shape index (κ3) is 5.30. The Morgan fingerprint density at radius 1 is 1.25 bits per heavy atom. The molecule has 6 heteroatoms. The summed E-state index contributed by atoms with van der Waals surface area (Å²) in [5.41, 5.74) is 0.862. The van der Waals surface area contributed by atoms with Crippen LogP contribution < -0.4 is 15.8 Å². The van der Waals surface area contributed by atoms with Crippen LogP contribution in [0.2, 0.25) is 0 Å². The number of rotatable bonds is 9. The van der Waals surface area contributed by atoms with Crippen molar-refractivity contribution in [3.63, 3.8) is 0 Å². The van der Waals surface area contributed by atoms with E-state index in [1.165, 1.54) is 4.68 Å². The van der Waals surface area contributed by atoms with Crippen molar-refractivity contribution >= 4 is 5.69 Å². The Morgan fingerprint density at radius 2 is 1.95 bits per heavy atom. The highest BCUT2D eigenvalue weighted by molar-refractivity contribution is 5.42. The Hall–Kier alpha value is -1.40. The molecule has 1 rings (SSSR count). The van der Waals surface area contributed by atoms with Crippen molar-refractivity contribution in [2.45, 2.75) is 20.4 Å². The number of anilines is 1. The minimum absolute atomic E-state index is 0.0381. The smallest absolute Gasteiger partial charge is 0.268 e. The molecular formula is C14H27N5O. The third-order valence-corrected chi connectivity index (χ3v) is 3.22. The maximum absolute atomic E-state index is 12.0. The fourth-order valence-electron chi connectivity index (χ4n) is 1.97. The van der Waals surface area contributed by atoms with Crippen LogP contribution in [0, 0.1) is 0 Å². The van der Waals surface area contributed by atoms with E-state index in [0.717, 1.165) is 38.4 Å². The number of aromatic nitrogens is 2. The number of hydrogen-bond donors (Lipinski definition) is 1. The summed E-state index contributed by atoms with van der Waals surface area (Å²) in [5.74, 6) is 0. The van der Waals surface area contributed by atoms with Crippen LogP contribution in [0.5, 0.6) is 0 Å². The van der Waals surface area contributed by atoms with E-state index < -0.39 is 0 Å². The van der Waals surface area contributed by atoms with Crippen LogP contribution in [0.25, 0.3) is 0 Å². The molecule has 6 nitrogen and oxygen atoms in total. The van der Waals surface area contributed by atoms with Crippen LogP contribution >= 0.6 is 0 Å². The predicted molar refractivity (Wildman–Crippen MR) is 83.5 cm³/mol. The third-order valence-electron chi connectivity index (χ3n) is 3.22. The van der Waals surface area contributed by atoms with Crippen molar-refractivity contribution in [1.29, 1.82) is 0 Å². The van der Waals surface area contributed by atoms with E-state index in [1.54, 1.807) is 12.3 Å². The lowest BCUT2D eigenvalue weighted by atomic mass is 10.4. The van der Waals surface area contributed by atoms with Gasteiger partial charge in [-0.3, -0.25) is 4.79 Å². The van der Waals surface area contributed by atoms with E-state index in [9.17, 15) is 4.79 Å². The van der Waals surface area contributed by atoms with Crippen LogP contribution in [0.1, 0.15) is 13.8 Å². The highest BCUT2D eigenvalue weighted by atomic mass is 16.1. The molecule has 0 aromatic carbocycles. The molecule has 0 aliphatic rings. The van der Waals surface area contributed by atoms with E-state index in [2.05, 4.69) is 34.1 Å². The number of nitrogens with zero attached hydrogens (tertiary/aromatic N) is 4. The van der Waals surface area contributed by atoms with Gasteiger partial charge in [0.1, 0.15) is 0 Å². The van der Waals surface area contributed by atoms with Crippen LogP contribution in [0.4, 0.5) is 5.69 Å². The van der Waals surface area contributed by atoms with Gasteiger partial charge in [-0.25, -0.2) is 4.68 Å². The van der Waals surface area contributed by atoms with E-state index in [-0.39, 0.29) is 5.56 Å². The van der Waals surface area contributed by atoms with Gasteiger partial charge in [-0.2, -0.15) is 5.10 Å². The maximum Gasteiger partial charge on any atom is 0.268 e. The van der Waals surface area contributed by atoms with Crippen LogP contribution in [-0.4, -0.2) is 61.5 Å². The molecule has 0 aliphatic carbocycles. The van der Waals surface area contributed by atoms with E-state index >= 15 is 0 Å². The molecule has 0 unspecified atom stereocenters. The van der Waals surface area contributed by atoms with Crippen molar-refractivity contribution in [3.05, 3.63) is 22.6 Å². The molecule has 0 bridgehead atoms. The summed E-state index contributed by atoms with van der Waals surface area (Å²) >= 11 is 0. The molecule has 114 valence electrons. The second-order valence-corrected chi connectivity index (χ2v) is 5.00. The zero-order valence-corrected chi connectivity index (χ0v) is 13.1. The zero-order valence-electron chi connectivity index (χ0n) is 13.1. The minimum Gasteiger partial charge on any atom is -0.371 e. The van der Waals surface area contributed by atoms with Gasteiger partial charge in [0.05, 0.1) is 18.4 Å². The summed E-state index contributed by atoms with van der Waals surface area (Å²) in [6.07, 6.45) is 1.77.